The molecule has 0 unspecified atom stereocenters. The van der Waals surface area contributed by atoms with Gasteiger partial charge >= 0.3 is 6.03 Å². The lowest BCUT2D eigenvalue weighted by Gasteiger charge is -2.30. The maximum Gasteiger partial charge on any atom is 0.319 e. The van der Waals surface area contributed by atoms with Gasteiger partial charge in [-0.15, -0.1) is 0 Å². The predicted molar refractivity (Wildman–Crippen MR) is 111 cm³/mol. The van der Waals surface area contributed by atoms with Gasteiger partial charge in [-0.1, -0.05) is 24.3 Å². The van der Waals surface area contributed by atoms with E-state index in [4.69, 9.17) is 5.14 Å². The van der Waals surface area contributed by atoms with Gasteiger partial charge in [-0.2, -0.15) is 0 Å². The molecule has 0 saturated carbocycles. The first-order valence-corrected chi connectivity index (χ1v) is 10.9. The number of nitrogens with one attached hydrogen (secondary N) is 2. The number of nitrogens with zero attached hydrogens (tertiary/aromatic N) is 1. The maximum absolute atomic E-state index is 12.5. The number of para-hydroxylation sites is 2. The number of benzene rings is 2. The summed E-state index contributed by atoms with van der Waals surface area (Å²) in [6.45, 7) is 3.82. The Kier molecular flexibility index (Phi) is 6.21. The molecule has 0 spiro atoms. The summed E-state index contributed by atoms with van der Waals surface area (Å²) in [6.07, 6.45) is 3.56. The fraction of sp³-hybridized carbons (Fsp3) is 0.350. The zero-order valence-electron chi connectivity index (χ0n) is 15.9. The summed E-state index contributed by atoms with van der Waals surface area (Å²) < 4.78 is 22.7. The fourth-order valence-electron chi connectivity index (χ4n) is 3.37. The molecule has 4 N–H and O–H groups in total. The Bertz CT molecular complexity index is 923. The summed E-state index contributed by atoms with van der Waals surface area (Å²) in [6, 6.07) is 13.4. The molecule has 1 heterocycles. The van der Waals surface area contributed by atoms with Crippen LogP contribution in [0.25, 0.3) is 0 Å². The van der Waals surface area contributed by atoms with Gasteiger partial charge in [-0.3, -0.25) is 0 Å². The largest absolute Gasteiger partial charge is 0.370 e. The van der Waals surface area contributed by atoms with Crippen LogP contribution in [-0.4, -0.2) is 27.5 Å². The van der Waals surface area contributed by atoms with Crippen LogP contribution < -0.4 is 20.7 Å². The van der Waals surface area contributed by atoms with Crippen molar-refractivity contribution in [2.24, 2.45) is 5.14 Å². The van der Waals surface area contributed by atoms with Crippen molar-refractivity contribution in [2.75, 3.05) is 23.3 Å². The topological polar surface area (TPSA) is 105 Å². The lowest BCUT2D eigenvalue weighted by Crippen LogP contribution is -2.33. The van der Waals surface area contributed by atoms with Gasteiger partial charge in [0.2, 0.25) is 10.0 Å². The van der Waals surface area contributed by atoms with Gasteiger partial charge in [0.1, 0.15) is 0 Å². The third-order valence-electron chi connectivity index (χ3n) is 4.91. The molecule has 2 aromatic rings. The van der Waals surface area contributed by atoms with Crippen LogP contribution in [0.1, 0.15) is 37.8 Å². The van der Waals surface area contributed by atoms with E-state index in [2.05, 4.69) is 15.5 Å². The Morgan fingerprint density at radius 3 is 2.32 bits per heavy atom. The number of amides is 2. The van der Waals surface area contributed by atoms with Gasteiger partial charge in [0.25, 0.3) is 0 Å². The van der Waals surface area contributed by atoms with E-state index in [1.54, 1.807) is 12.1 Å². The van der Waals surface area contributed by atoms with Gasteiger partial charge in [0.05, 0.1) is 22.3 Å². The van der Waals surface area contributed by atoms with Crippen LogP contribution in [0.15, 0.2) is 53.4 Å². The highest BCUT2D eigenvalue weighted by Crippen LogP contribution is 2.28. The Labute approximate surface area is 166 Å². The molecule has 28 heavy (non-hydrogen) atoms. The van der Waals surface area contributed by atoms with E-state index in [1.807, 2.05) is 31.2 Å². The quantitative estimate of drug-likeness (QED) is 0.714. The average molecular weight is 403 g/mol. The van der Waals surface area contributed by atoms with E-state index in [9.17, 15) is 13.2 Å². The first-order valence-electron chi connectivity index (χ1n) is 9.39. The molecule has 3 rings (SSSR count). The summed E-state index contributed by atoms with van der Waals surface area (Å²) in [5, 5.41) is 10.9. The third kappa shape index (κ3) is 5.02. The van der Waals surface area contributed by atoms with Gasteiger partial charge in [-0.25, -0.2) is 18.4 Å². The molecule has 0 radical (unpaired) electrons. The standard InChI is InChI=1S/C20H26N4O3S/c1-15(16-9-11-17(12-10-16)28(21,26)27)22-20(25)23-18-7-3-4-8-19(18)24-13-5-2-6-14-24/h3-4,7-12,15H,2,5-6,13-14H2,1H3,(H2,21,26,27)(H2,22,23,25)/t15-/m1/s1. The Morgan fingerprint density at radius 2 is 1.68 bits per heavy atom. The molecule has 0 aromatic heterocycles. The molecule has 1 aliphatic heterocycles. The third-order valence-corrected chi connectivity index (χ3v) is 5.83. The fourth-order valence-corrected chi connectivity index (χ4v) is 3.89. The molecule has 1 fully saturated rings. The molecule has 2 amide bonds. The minimum atomic E-state index is -3.73. The number of carbonyl (C=O) groups is 1. The monoisotopic (exact) mass is 402 g/mol. The first-order chi connectivity index (χ1) is 13.3. The SMILES string of the molecule is C[C@@H](NC(=O)Nc1ccccc1N1CCCCC1)c1ccc(S(N)(=O)=O)cc1. The van der Waals surface area contributed by atoms with E-state index in [0.717, 1.165) is 42.9 Å². The van der Waals surface area contributed by atoms with Crippen molar-refractivity contribution in [3.05, 3.63) is 54.1 Å². The number of urea groups is 1. The van der Waals surface area contributed by atoms with Crippen molar-refractivity contribution < 1.29 is 13.2 Å². The molecule has 1 aliphatic rings. The van der Waals surface area contributed by atoms with Gasteiger partial charge < -0.3 is 15.5 Å². The van der Waals surface area contributed by atoms with Crippen molar-refractivity contribution in [2.45, 2.75) is 37.1 Å². The van der Waals surface area contributed by atoms with E-state index < -0.39 is 10.0 Å². The number of piperidine rings is 1. The maximum atomic E-state index is 12.5. The molecule has 2 aromatic carbocycles. The van der Waals surface area contributed by atoms with Crippen LogP contribution in [-0.2, 0) is 10.0 Å². The van der Waals surface area contributed by atoms with E-state index in [1.165, 1.54) is 18.6 Å². The number of rotatable bonds is 5. The Morgan fingerprint density at radius 1 is 1.04 bits per heavy atom. The lowest BCUT2D eigenvalue weighted by atomic mass is 10.1. The summed E-state index contributed by atoms with van der Waals surface area (Å²) in [5.74, 6) is 0. The summed E-state index contributed by atoms with van der Waals surface area (Å²) in [7, 11) is -3.73. The van der Waals surface area contributed by atoms with Gasteiger partial charge in [0.15, 0.2) is 0 Å². The first kappa shape index (κ1) is 20.2. The van der Waals surface area contributed by atoms with Crippen LogP contribution >= 0.6 is 0 Å². The second-order valence-electron chi connectivity index (χ2n) is 7.00. The number of sulfonamides is 1. The van der Waals surface area contributed by atoms with E-state index in [-0.39, 0.29) is 17.0 Å². The van der Waals surface area contributed by atoms with Crippen LogP contribution in [0.2, 0.25) is 0 Å². The van der Waals surface area contributed by atoms with Crippen molar-refractivity contribution in [1.29, 1.82) is 0 Å². The molecular formula is C20H26N4O3S. The molecule has 150 valence electrons. The molecular weight excluding hydrogens is 376 g/mol. The Hall–Kier alpha value is -2.58. The molecule has 0 aliphatic carbocycles. The minimum absolute atomic E-state index is 0.0448. The number of primary sulfonamides is 1. The van der Waals surface area contributed by atoms with Crippen LogP contribution in [0.4, 0.5) is 16.2 Å². The zero-order valence-corrected chi connectivity index (χ0v) is 16.7. The highest BCUT2D eigenvalue weighted by Gasteiger charge is 2.17. The Balaban J connectivity index is 1.65. The highest BCUT2D eigenvalue weighted by atomic mass is 32.2. The summed E-state index contributed by atoms with van der Waals surface area (Å²) in [5.41, 5.74) is 2.59. The molecule has 1 atom stereocenters. The number of hydrogen-bond donors (Lipinski definition) is 3. The molecule has 1 saturated heterocycles. The van der Waals surface area contributed by atoms with Crippen molar-refractivity contribution in [3.8, 4) is 0 Å². The summed E-state index contributed by atoms with van der Waals surface area (Å²) >= 11 is 0. The minimum Gasteiger partial charge on any atom is -0.370 e. The normalized spacial score (nSPS) is 15.7. The van der Waals surface area contributed by atoms with Gasteiger partial charge in [0, 0.05) is 13.1 Å². The van der Waals surface area contributed by atoms with Crippen molar-refractivity contribution in [3.63, 3.8) is 0 Å². The number of carbonyl (C=O) groups excluding carboxylic acids is 1. The number of anilines is 2. The second-order valence-corrected chi connectivity index (χ2v) is 8.56. The molecule has 8 heteroatoms. The number of nitrogens with two attached hydrogens (primary N) is 1. The number of hydrogen-bond acceptors (Lipinski definition) is 4. The van der Waals surface area contributed by atoms with Crippen molar-refractivity contribution in [1.82, 2.24) is 5.32 Å². The van der Waals surface area contributed by atoms with Crippen LogP contribution in [0.3, 0.4) is 0 Å². The van der Waals surface area contributed by atoms with Crippen molar-refractivity contribution >= 4 is 27.4 Å². The van der Waals surface area contributed by atoms with Crippen LogP contribution in [0, 0.1) is 0 Å². The van der Waals surface area contributed by atoms with E-state index in [0.29, 0.717) is 0 Å². The zero-order chi connectivity index (χ0) is 20.1. The summed E-state index contributed by atoms with van der Waals surface area (Å²) in [4.78, 5) is 14.8. The smallest absolute Gasteiger partial charge is 0.319 e. The lowest BCUT2D eigenvalue weighted by molar-refractivity contribution is 0.249. The predicted octanol–water partition coefficient (Wildman–Crippen LogP) is 3.21. The highest BCUT2D eigenvalue weighted by molar-refractivity contribution is 7.89. The average Bonchev–Trinajstić information content (AvgIpc) is 2.68. The molecule has 7 nitrogen and oxygen atoms in total. The van der Waals surface area contributed by atoms with E-state index >= 15 is 0 Å². The second kappa shape index (κ2) is 8.62. The van der Waals surface area contributed by atoms with Crippen LogP contribution in [0.5, 0.6) is 0 Å². The molecule has 0 bridgehead atoms. The van der Waals surface area contributed by atoms with Gasteiger partial charge in [-0.05, 0) is 56.0 Å².